The number of ether oxygens (including phenoxy) is 2. The Kier molecular flexibility index (Phi) is 5.69. The molecule has 1 heterocycles. The van der Waals surface area contributed by atoms with E-state index in [2.05, 4.69) is 15.3 Å². The van der Waals surface area contributed by atoms with Crippen LogP contribution in [0.5, 0.6) is 17.2 Å². The predicted molar refractivity (Wildman–Crippen MR) is 107 cm³/mol. The fourth-order valence-electron chi connectivity index (χ4n) is 2.36. The number of aromatic hydroxyl groups is 1. The number of benzene rings is 2. The molecule has 3 rings (SSSR count). The van der Waals surface area contributed by atoms with Crippen LogP contribution >= 0.6 is 35.4 Å². The molecule has 0 saturated carbocycles. The second-order valence-corrected chi connectivity index (χ2v) is 6.54. The Bertz CT molecular complexity index is 1050. The van der Waals surface area contributed by atoms with Crippen molar-refractivity contribution in [1.29, 1.82) is 0 Å². The molecule has 2 N–H and O–H groups in total. The highest BCUT2D eigenvalue weighted by molar-refractivity contribution is 7.71. The predicted octanol–water partition coefficient (Wildman–Crippen LogP) is 4.52. The van der Waals surface area contributed by atoms with E-state index >= 15 is 0 Å². The smallest absolute Gasteiger partial charge is 0.216 e. The average molecular weight is 425 g/mol. The van der Waals surface area contributed by atoms with Gasteiger partial charge in [-0.25, -0.2) is 5.10 Å². The van der Waals surface area contributed by atoms with Crippen molar-refractivity contribution in [1.82, 2.24) is 14.9 Å². The van der Waals surface area contributed by atoms with Crippen LogP contribution in [-0.4, -0.2) is 40.4 Å². The van der Waals surface area contributed by atoms with Gasteiger partial charge in [0, 0.05) is 16.1 Å². The number of nitrogens with one attached hydrogen (secondary N) is 1. The molecule has 0 radical (unpaired) electrons. The first kappa shape index (κ1) is 19.2. The van der Waals surface area contributed by atoms with Crippen molar-refractivity contribution in [3.05, 3.63) is 50.7 Å². The maximum atomic E-state index is 10.00. The molecule has 0 atom stereocenters. The van der Waals surface area contributed by atoms with Crippen LogP contribution in [-0.2, 0) is 0 Å². The average Bonchev–Trinajstić information content (AvgIpc) is 3.01. The summed E-state index contributed by atoms with van der Waals surface area (Å²) in [6.45, 7) is 0. The van der Waals surface area contributed by atoms with E-state index in [1.54, 1.807) is 30.3 Å². The molecule has 0 amide bonds. The van der Waals surface area contributed by atoms with Gasteiger partial charge < -0.3 is 14.6 Å². The Morgan fingerprint density at radius 1 is 1.19 bits per heavy atom. The number of rotatable bonds is 5. The Labute approximate surface area is 169 Å². The van der Waals surface area contributed by atoms with E-state index in [-0.39, 0.29) is 22.0 Å². The number of hydrogen-bond donors (Lipinski definition) is 2. The van der Waals surface area contributed by atoms with E-state index in [1.165, 1.54) is 25.1 Å². The van der Waals surface area contributed by atoms with Crippen molar-refractivity contribution < 1.29 is 14.6 Å². The molecule has 0 aliphatic rings. The lowest BCUT2D eigenvalue weighted by atomic mass is 10.2. The van der Waals surface area contributed by atoms with Crippen LogP contribution in [0.15, 0.2) is 35.4 Å². The Hall–Kier alpha value is -2.55. The molecule has 140 valence electrons. The molecular formula is C17H14Cl2N4O3S. The van der Waals surface area contributed by atoms with Gasteiger partial charge in [-0.2, -0.15) is 14.9 Å². The van der Waals surface area contributed by atoms with E-state index in [0.717, 1.165) is 0 Å². The number of aromatic nitrogens is 3. The summed E-state index contributed by atoms with van der Waals surface area (Å²) in [5, 5.41) is 22.2. The van der Waals surface area contributed by atoms with E-state index in [1.807, 2.05) is 0 Å². The van der Waals surface area contributed by atoms with Crippen LogP contribution in [0.2, 0.25) is 10.0 Å². The highest BCUT2D eigenvalue weighted by Crippen LogP contribution is 2.36. The van der Waals surface area contributed by atoms with Gasteiger partial charge in [-0.05, 0) is 42.5 Å². The van der Waals surface area contributed by atoms with Gasteiger partial charge in [0.15, 0.2) is 17.3 Å². The second-order valence-electron chi connectivity index (χ2n) is 5.31. The van der Waals surface area contributed by atoms with Gasteiger partial charge in [0.05, 0.1) is 25.5 Å². The molecule has 10 heteroatoms. The van der Waals surface area contributed by atoms with Crippen molar-refractivity contribution in [2.75, 3.05) is 14.2 Å². The molecule has 1 aromatic heterocycles. The summed E-state index contributed by atoms with van der Waals surface area (Å²) in [6, 6.07) is 8.26. The van der Waals surface area contributed by atoms with E-state index < -0.39 is 0 Å². The van der Waals surface area contributed by atoms with Crippen LogP contribution < -0.4 is 9.47 Å². The van der Waals surface area contributed by atoms with E-state index in [4.69, 9.17) is 44.9 Å². The minimum Gasteiger partial charge on any atom is -0.502 e. The maximum Gasteiger partial charge on any atom is 0.216 e. The molecule has 0 unspecified atom stereocenters. The first-order chi connectivity index (χ1) is 12.9. The van der Waals surface area contributed by atoms with Crippen LogP contribution in [0.4, 0.5) is 0 Å². The number of phenols is 1. The number of aromatic amines is 1. The summed E-state index contributed by atoms with van der Waals surface area (Å²) in [6.07, 6.45) is 1.53. The van der Waals surface area contributed by atoms with Gasteiger partial charge in [0.1, 0.15) is 0 Å². The molecule has 7 nitrogen and oxygen atoms in total. The molecule has 0 fully saturated rings. The van der Waals surface area contributed by atoms with Gasteiger partial charge in [0.2, 0.25) is 10.5 Å². The number of halogens is 2. The Morgan fingerprint density at radius 2 is 1.85 bits per heavy atom. The molecule has 27 heavy (non-hydrogen) atoms. The normalized spacial score (nSPS) is 11.1. The summed E-state index contributed by atoms with van der Waals surface area (Å²) in [4.78, 5) is 0. The minimum atomic E-state index is -0.0919. The SMILES string of the molecule is COc1cc(/C=N/n2c(-c3ccc(Cl)cc3Cl)n[nH]c2=S)cc(OC)c1O. The lowest BCUT2D eigenvalue weighted by molar-refractivity contribution is 0.340. The molecule has 0 bridgehead atoms. The van der Waals surface area contributed by atoms with Gasteiger partial charge in [-0.3, -0.25) is 0 Å². The van der Waals surface area contributed by atoms with Crippen molar-refractivity contribution in [3.8, 4) is 28.6 Å². The van der Waals surface area contributed by atoms with Crippen molar-refractivity contribution in [2.45, 2.75) is 0 Å². The molecule has 0 aliphatic carbocycles. The Balaban J connectivity index is 2.05. The molecule has 0 saturated heterocycles. The summed E-state index contributed by atoms with van der Waals surface area (Å²) in [7, 11) is 2.89. The molecule has 0 spiro atoms. The number of methoxy groups -OCH3 is 2. The molecule has 3 aromatic rings. The summed E-state index contributed by atoms with van der Waals surface area (Å²) in [5.41, 5.74) is 1.24. The van der Waals surface area contributed by atoms with E-state index in [0.29, 0.717) is 27.0 Å². The highest BCUT2D eigenvalue weighted by atomic mass is 35.5. The van der Waals surface area contributed by atoms with Crippen LogP contribution in [0.1, 0.15) is 5.56 Å². The fourth-order valence-corrected chi connectivity index (χ4v) is 3.03. The highest BCUT2D eigenvalue weighted by Gasteiger charge is 2.13. The third kappa shape index (κ3) is 3.92. The summed E-state index contributed by atoms with van der Waals surface area (Å²) >= 11 is 17.5. The number of phenolic OH excluding ortho intramolecular Hbond substituents is 1. The molecule has 0 aliphatic heterocycles. The Morgan fingerprint density at radius 3 is 2.44 bits per heavy atom. The van der Waals surface area contributed by atoms with Gasteiger partial charge >= 0.3 is 0 Å². The van der Waals surface area contributed by atoms with Crippen LogP contribution in [0.25, 0.3) is 11.4 Å². The zero-order valence-electron chi connectivity index (χ0n) is 14.2. The number of nitrogens with zero attached hydrogens (tertiary/aromatic N) is 3. The molecular weight excluding hydrogens is 411 g/mol. The third-order valence-corrected chi connectivity index (χ3v) is 4.46. The van der Waals surface area contributed by atoms with Crippen molar-refractivity contribution in [2.24, 2.45) is 5.10 Å². The maximum absolute atomic E-state index is 10.00. The van der Waals surface area contributed by atoms with Crippen molar-refractivity contribution in [3.63, 3.8) is 0 Å². The zero-order valence-corrected chi connectivity index (χ0v) is 16.6. The second kappa shape index (κ2) is 7.99. The van der Waals surface area contributed by atoms with Crippen LogP contribution in [0.3, 0.4) is 0 Å². The zero-order chi connectivity index (χ0) is 19.6. The van der Waals surface area contributed by atoms with Gasteiger partial charge in [-0.1, -0.05) is 23.2 Å². The number of hydrogen-bond acceptors (Lipinski definition) is 6. The van der Waals surface area contributed by atoms with Gasteiger partial charge in [0.25, 0.3) is 0 Å². The standard InChI is InChI=1S/C17H14Cl2N4O3S/c1-25-13-5-9(6-14(26-2)15(13)24)8-20-23-16(21-22-17(23)27)11-4-3-10(18)7-12(11)19/h3-8,24H,1-2H3,(H,22,27)/b20-8+. The monoisotopic (exact) mass is 424 g/mol. The van der Waals surface area contributed by atoms with Crippen LogP contribution in [0, 0.1) is 4.77 Å². The topological polar surface area (TPSA) is 84.7 Å². The van der Waals surface area contributed by atoms with Gasteiger partial charge in [-0.15, -0.1) is 0 Å². The van der Waals surface area contributed by atoms with Crippen molar-refractivity contribution >= 4 is 41.6 Å². The minimum absolute atomic E-state index is 0.0919. The fraction of sp³-hybridized carbons (Fsp3) is 0.118. The summed E-state index contributed by atoms with van der Waals surface area (Å²) in [5.74, 6) is 0.849. The third-order valence-electron chi connectivity index (χ3n) is 3.65. The largest absolute Gasteiger partial charge is 0.502 e. The lowest BCUT2D eigenvalue weighted by Crippen LogP contribution is -1.97. The number of H-pyrrole nitrogens is 1. The lowest BCUT2D eigenvalue weighted by Gasteiger charge is -2.09. The summed E-state index contributed by atoms with van der Waals surface area (Å²) < 4.78 is 12.0. The first-order valence-corrected chi connectivity index (χ1v) is 8.73. The first-order valence-electron chi connectivity index (χ1n) is 7.56. The molecule has 2 aromatic carbocycles. The van der Waals surface area contributed by atoms with E-state index in [9.17, 15) is 5.11 Å². The quantitative estimate of drug-likeness (QED) is 0.464.